The van der Waals surface area contributed by atoms with Gasteiger partial charge in [-0.2, -0.15) is 0 Å². The van der Waals surface area contributed by atoms with E-state index in [1.807, 2.05) is 20.8 Å². The summed E-state index contributed by atoms with van der Waals surface area (Å²) < 4.78 is 15.6. The molecule has 1 N–H and O–H groups in total. The van der Waals surface area contributed by atoms with E-state index < -0.39 is 5.60 Å². The van der Waals surface area contributed by atoms with Gasteiger partial charge in [-0.1, -0.05) is 0 Å². The van der Waals surface area contributed by atoms with Crippen molar-refractivity contribution in [2.45, 2.75) is 32.5 Å². The van der Waals surface area contributed by atoms with E-state index in [1.165, 1.54) is 0 Å². The molecule has 0 aromatic rings. The first-order valence-electron chi connectivity index (χ1n) is 5.59. The van der Waals surface area contributed by atoms with Crippen molar-refractivity contribution in [3.8, 4) is 0 Å². The van der Waals surface area contributed by atoms with E-state index in [0.717, 1.165) is 13.1 Å². The lowest BCUT2D eigenvalue weighted by Crippen LogP contribution is -2.48. The smallest absolute Gasteiger partial charge is 0.332 e. The van der Waals surface area contributed by atoms with Crippen LogP contribution < -0.4 is 5.32 Å². The van der Waals surface area contributed by atoms with Gasteiger partial charge in [-0.05, 0) is 20.8 Å². The van der Waals surface area contributed by atoms with Gasteiger partial charge in [0.05, 0.1) is 19.3 Å². The standard InChI is InChI=1S/C11H21NO4/c1-11(2,3)16-10(13)8-14-4-5-15-9-6-12-7-9/h9,12H,4-8H2,1-3H3. The van der Waals surface area contributed by atoms with E-state index in [-0.39, 0.29) is 12.6 Å². The van der Waals surface area contributed by atoms with Crippen molar-refractivity contribution in [1.82, 2.24) is 5.32 Å². The van der Waals surface area contributed by atoms with Crippen molar-refractivity contribution >= 4 is 5.97 Å². The Bertz CT molecular complexity index is 221. The molecule has 0 aliphatic carbocycles. The normalized spacial score (nSPS) is 16.9. The molecule has 1 rings (SSSR count). The Morgan fingerprint density at radius 3 is 2.50 bits per heavy atom. The minimum atomic E-state index is -0.450. The summed E-state index contributed by atoms with van der Waals surface area (Å²) in [5.74, 6) is -0.335. The van der Waals surface area contributed by atoms with Gasteiger partial charge < -0.3 is 19.5 Å². The molecule has 0 unspecified atom stereocenters. The summed E-state index contributed by atoms with van der Waals surface area (Å²) in [4.78, 5) is 11.2. The Kier molecular flexibility index (Phi) is 5.18. The van der Waals surface area contributed by atoms with Crippen LogP contribution >= 0.6 is 0 Å². The van der Waals surface area contributed by atoms with Crippen LogP contribution in [0.5, 0.6) is 0 Å². The summed E-state index contributed by atoms with van der Waals surface area (Å²) in [5.41, 5.74) is -0.450. The summed E-state index contributed by atoms with van der Waals surface area (Å²) in [5, 5.41) is 3.11. The molecule has 1 fully saturated rings. The average molecular weight is 231 g/mol. The maximum Gasteiger partial charge on any atom is 0.332 e. The first-order chi connectivity index (χ1) is 7.47. The zero-order chi connectivity index (χ0) is 12.0. The highest BCUT2D eigenvalue weighted by atomic mass is 16.6. The Morgan fingerprint density at radius 1 is 1.31 bits per heavy atom. The first kappa shape index (κ1) is 13.4. The maximum atomic E-state index is 11.2. The minimum Gasteiger partial charge on any atom is -0.458 e. The molecule has 0 aromatic heterocycles. The third kappa shape index (κ3) is 6.05. The zero-order valence-electron chi connectivity index (χ0n) is 10.2. The Morgan fingerprint density at radius 2 is 2.00 bits per heavy atom. The van der Waals surface area contributed by atoms with Crippen LogP contribution in [0.1, 0.15) is 20.8 Å². The summed E-state index contributed by atoms with van der Waals surface area (Å²) in [6, 6.07) is 0. The third-order valence-corrected chi connectivity index (χ3v) is 1.97. The second-order valence-corrected chi connectivity index (χ2v) is 4.79. The van der Waals surface area contributed by atoms with Gasteiger partial charge in [-0.25, -0.2) is 4.79 Å². The average Bonchev–Trinajstić information content (AvgIpc) is 2.04. The molecule has 0 aromatic carbocycles. The second kappa shape index (κ2) is 6.18. The van der Waals surface area contributed by atoms with E-state index in [4.69, 9.17) is 14.2 Å². The van der Waals surface area contributed by atoms with Gasteiger partial charge >= 0.3 is 5.97 Å². The number of hydrogen-bond acceptors (Lipinski definition) is 5. The number of hydrogen-bond donors (Lipinski definition) is 1. The molecule has 1 saturated heterocycles. The van der Waals surface area contributed by atoms with E-state index in [2.05, 4.69) is 5.32 Å². The Hall–Kier alpha value is -0.650. The van der Waals surface area contributed by atoms with E-state index >= 15 is 0 Å². The molecule has 1 aliphatic heterocycles. The molecule has 5 nitrogen and oxygen atoms in total. The van der Waals surface area contributed by atoms with E-state index in [1.54, 1.807) is 0 Å². The lowest BCUT2D eigenvalue weighted by molar-refractivity contribution is -0.160. The molecular formula is C11H21NO4. The molecule has 0 radical (unpaired) electrons. The van der Waals surface area contributed by atoms with E-state index in [0.29, 0.717) is 19.3 Å². The number of carbonyl (C=O) groups is 1. The number of carbonyl (C=O) groups excluding carboxylic acids is 1. The first-order valence-corrected chi connectivity index (χ1v) is 5.59. The highest BCUT2D eigenvalue weighted by Gasteiger charge is 2.17. The quantitative estimate of drug-likeness (QED) is 0.527. The fourth-order valence-corrected chi connectivity index (χ4v) is 1.18. The van der Waals surface area contributed by atoms with Crippen molar-refractivity contribution in [2.75, 3.05) is 32.9 Å². The van der Waals surface area contributed by atoms with Crippen LogP contribution in [-0.2, 0) is 19.0 Å². The van der Waals surface area contributed by atoms with Gasteiger partial charge in [-0.3, -0.25) is 0 Å². The molecule has 0 saturated carbocycles. The van der Waals surface area contributed by atoms with Crippen molar-refractivity contribution in [3.05, 3.63) is 0 Å². The lowest BCUT2D eigenvalue weighted by Gasteiger charge is -2.27. The van der Waals surface area contributed by atoms with Crippen LogP contribution in [0.15, 0.2) is 0 Å². The number of ether oxygens (including phenoxy) is 3. The highest BCUT2D eigenvalue weighted by Crippen LogP contribution is 2.06. The fraction of sp³-hybridized carbons (Fsp3) is 0.909. The molecule has 1 aliphatic rings. The zero-order valence-corrected chi connectivity index (χ0v) is 10.2. The molecule has 5 heteroatoms. The van der Waals surface area contributed by atoms with Crippen LogP contribution in [-0.4, -0.2) is 50.6 Å². The van der Waals surface area contributed by atoms with Crippen LogP contribution in [0.25, 0.3) is 0 Å². The van der Waals surface area contributed by atoms with Crippen molar-refractivity contribution in [2.24, 2.45) is 0 Å². The summed E-state index contributed by atoms with van der Waals surface area (Å²) in [6.45, 7) is 8.25. The van der Waals surface area contributed by atoms with Crippen LogP contribution in [0, 0.1) is 0 Å². The molecule has 1 heterocycles. The fourth-order valence-electron chi connectivity index (χ4n) is 1.18. The Labute approximate surface area is 96.4 Å². The molecular weight excluding hydrogens is 210 g/mol. The van der Waals surface area contributed by atoms with Gasteiger partial charge in [0.15, 0.2) is 0 Å². The predicted octanol–water partition coefficient (Wildman–Crippen LogP) is 0.333. The van der Waals surface area contributed by atoms with Gasteiger partial charge in [0.25, 0.3) is 0 Å². The molecule has 16 heavy (non-hydrogen) atoms. The van der Waals surface area contributed by atoms with Gasteiger partial charge in [-0.15, -0.1) is 0 Å². The van der Waals surface area contributed by atoms with Gasteiger partial charge in [0.1, 0.15) is 12.2 Å². The summed E-state index contributed by atoms with van der Waals surface area (Å²) in [7, 11) is 0. The van der Waals surface area contributed by atoms with Crippen molar-refractivity contribution < 1.29 is 19.0 Å². The number of esters is 1. The van der Waals surface area contributed by atoms with Crippen molar-refractivity contribution in [1.29, 1.82) is 0 Å². The van der Waals surface area contributed by atoms with Gasteiger partial charge in [0.2, 0.25) is 0 Å². The topological polar surface area (TPSA) is 56.8 Å². The van der Waals surface area contributed by atoms with Crippen LogP contribution in [0.2, 0.25) is 0 Å². The molecule has 0 atom stereocenters. The van der Waals surface area contributed by atoms with Crippen LogP contribution in [0.4, 0.5) is 0 Å². The monoisotopic (exact) mass is 231 g/mol. The molecule has 0 spiro atoms. The SMILES string of the molecule is CC(C)(C)OC(=O)COCCOC1CNC1. The third-order valence-electron chi connectivity index (χ3n) is 1.97. The summed E-state index contributed by atoms with van der Waals surface area (Å²) in [6.07, 6.45) is 0.310. The van der Waals surface area contributed by atoms with Gasteiger partial charge in [0, 0.05) is 13.1 Å². The molecule has 94 valence electrons. The van der Waals surface area contributed by atoms with Crippen molar-refractivity contribution in [3.63, 3.8) is 0 Å². The minimum absolute atomic E-state index is 0.0104. The maximum absolute atomic E-state index is 11.2. The van der Waals surface area contributed by atoms with Crippen LogP contribution in [0.3, 0.4) is 0 Å². The highest BCUT2D eigenvalue weighted by molar-refractivity contribution is 5.71. The summed E-state index contributed by atoms with van der Waals surface area (Å²) >= 11 is 0. The lowest BCUT2D eigenvalue weighted by atomic mass is 10.2. The molecule has 0 amide bonds. The second-order valence-electron chi connectivity index (χ2n) is 4.79. The number of rotatable bonds is 6. The predicted molar refractivity (Wildman–Crippen MR) is 59.3 cm³/mol. The van der Waals surface area contributed by atoms with E-state index in [9.17, 15) is 4.79 Å². The largest absolute Gasteiger partial charge is 0.458 e. The molecule has 0 bridgehead atoms. The Balaban J connectivity index is 1.91. The number of nitrogens with one attached hydrogen (secondary N) is 1.